The van der Waals surface area contributed by atoms with Crippen LogP contribution < -0.4 is 10.1 Å². The molecule has 19 heteroatoms. The molecule has 0 saturated carbocycles. The van der Waals surface area contributed by atoms with Crippen LogP contribution in [0.2, 0.25) is 10.0 Å². The topological polar surface area (TPSA) is 120 Å². The number of pyridine rings is 2. The van der Waals surface area contributed by atoms with E-state index in [1.165, 1.54) is 5.01 Å². The predicted octanol–water partition coefficient (Wildman–Crippen LogP) is 6.76. The molecule has 0 radical (unpaired) electrons. The van der Waals surface area contributed by atoms with Gasteiger partial charge in [0.05, 0.1) is 46.7 Å². The van der Waals surface area contributed by atoms with Gasteiger partial charge in [0.25, 0.3) is 11.8 Å². The second kappa shape index (κ2) is 14.9. The van der Waals surface area contributed by atoms with Crippen molar-refractivity contribution in [1.82, 2.24) is 24.9 Å². The van der Waals surface area contributed by atoms with Crippen molar-refractivity contribution in [2.45, 2.75) is 44.2 Å². The van der Waals surface area contributed by atoms with Gasteiger partial charge in [-0.25, -0.2) is 9.99 Å². The summed E-state index contributed by atoms with van der Waals surface area (Å²) in [5.74, 6) is -2.34. The summed E-state index contributed by atoms with van der Waals surface area (Å²) in [6, 6.07) is 5.90. The Morgan fingerprint density at radius 3 is 2.30 bits per heavy atom. The van der Waals surface area contributed by atoms with E-state index in [-0.39, 0.29) is 22.2 Å². The van der Waals surface area contributed by atoms with Gasteiger partial charge in [-0.15, -0.1) is 0 Å². The molecule has 2 aromatic heterocycles. The van der Waals surface area contributed by atoms with Crippen LogP contribution in [0.4, 0.5) is 32.0 Å². The van der Waals surface area contributed by atoms with E-state index in [0.717, 1.165) is 25.2 Å². The van der Waals surface area contributed by atoms with E-state index in [1.807, 2.05) is 0 Å². The molecule has 0 spiro atoms. The number of benzene rings is 1. The number of carbonyl (C=O) groups is 2. The maximum absolute atomic E-state index is 14.1. The van der Waals surface area contributed by atoms with Crippen LogP contribution in [0.1, 0.15) is 36.7 Å². The molecule has 0 aliphatic carbocycles. The first-order valence-corrected chi connectivity index (χ1v) is 17.1. The number of fused-ring (bicyclic) bond motifs is 1. The van der Waals surface area contributed by atoms with Gasteiger partial charge in [-0.05, 0) is 56.2 Å². The Bertz CT molecular complexity index is 1900. The number of hydrogen-bond acceptors (Lipinski definition) is 9. The molecule has 5 heterocycles. The smallest absolute Gasteiger partial charge is 0.433 e. The Balaban J connectivity index is 1.27. The van der Waals surface area contributed by atoms with Gasteiger partial charge in [0.15, 0.2) is 0 Å². The van der Waals surface area contributed by atoms with E-state index in [4.69, 9.17) is 32.7 Å². The Morgan fingerprint density at radius 1 is 1.02 bits per heavy atom. The molecule has 6 rings (SSSR count). The lowest BCUT2D eigenvalue weighted by Gasteiger charge is -2.46. The summed E-state index contributed by atoms with van der Waals surface area (Å²) < 4.78 is 91.6. The number of alkyl halides is 6. The predicted molar refractivity (Wildman–Crippen MR) is 180 cm³/mol. The minimum Gasteiger partial charge on any atom is -0.509 e. The highest BCUT2D eigenvalue weighted by Gasteiger charge is 2.53. The first-order valence-electron chi connectivity index (χ1n) is 16.3. The number of aromatic nitrogens is 2. The number of hydrazine groups is 1. The molecule has 0 bridgehead atoms. The van der Waals surface area contributed by atoms with Crippen LogP contribution in [0.3, 0.4) is 0 Å². The molecule has 3 aliphatic heterocycles. The third-order valence-corrected chi connectivity index (χ3v) is 9.95. The zero-order valence-electron chi connectivity index (χ0n) is 28.0. The molecule has 284 valence electrons. The highest BCUT2D eigenvalue weighted by Crippen LogP contribution is 2.43. The van der Waals surface area contributed by atoms with E-state index < -0.39 is 63.8 Å². The Morgan fingerprint density at radius 2 is 1.68 bits per heavy atom. The fourth-order valence-electron chi connectivity index (χ4n) is 6.45. The molecule has 1 atom stereocenters. The number of aliphatic hydroxyl groups is 1. The van der Waals surface area contributed by atoms with Crippen LogP contribution >= 0.6 is 23.2 Å². The van der Waals surface area contributed by atoms with E-state index in [9.17, 15) is 41.0 Å². The number of nitrogens with one attached hydrogen (secondary N) is 1. The Labute approximate surface area is 309 Å². The molecule has 3 aliphatic rings. The van der Waals surface area contributed by atoms with Crippen molar-refractivity contribution in [3.8, 4) is 17.0 Å². The molecule has 53 heavy (non-hydrogen) atoms. The number of hydrogen-bond donors (Lipinski definition) is 2. The molecule has 11 nitrogen and oxygen atoms in total. The lowest BCUT2D eigenvalue weighted by Crippen LogP contribution is -2.60. The number of aliphatic hydroxyl groups excluding tert-OH is 1. The SMILES string of the molecule is C[C@]12CCCN1N(Cc1c(Cl)cc(OCCN3CCOCC3)cc1Cl)C(=O)C(C(=O)Nc1ccc(C(F)(F)F)nc1-c1ccc(C(F)(F)F)nc1)=C2O. The summed E-state index contributed by atoms with van der Waals surface area (Å²) in [5, 5.41) is 16.9. The number of nitrogens with zero attached hydrogens (tertiary/aromatic N) is 5. The second-order valence-electron chi connectivity index (χ2n) is 12.7. The van der Waals surface area contributed by atoms with E-state index in [2.05, 4.69) is 20.2 Å². The van der Waals surface area contributed by atoms with Crippen LogP contribution in [0.5, 0.6) is 5.75 Å². The van der Waals surface area contributed by atoms with Gasteiger partial charge < -0.3 is 19.9 Å². The molecule has 1 aromatic carbocycles. The number of halogens is 8. The van der Waals surface area contributed by atoms with E-state index in [0.29, 0.717) is 75.4 Å². The second-order valence-corrected chi connectivity index (χ2v) is 13.5. The number of morpholine rings is 1. The minimum absolute atomic E-state index is 0.169. The normalized spacial score (nSPS) is 20.2. The highest BCUT2D eigenvalue weighted by molar-refractivity contribution is 6.36. The molecular formula is C34H32Cl2F6N6O5. The zero-order valence-corrected chi connectivity index (χ0v) is 29.5. The third kappa shape index (κ3) is 8.04. The van der Waals surface area contributed by atoms with Crippen molar-refractivity contribution < 1.29 is 50.5 Å². The van der Waals surface area contributed by atoms with Crippen molar-refractivity contribution in [3.63, 3.8) is 0 Å². The van der Waals surface area contributed by atoms with Crippen molar-refractivity contribution in [2.24, 2.45) is 0 Å². The van der Waals surface area contributed by atoms with Gasteiger partial charge in [-0.1, -0.05) is 23.2 Å². The summed E-state index contributed by atoms with van der Waals surface area (Å²) in [4.78, 5) is 37.0. The Hall–Kier alpha value is -4.16. The third-order valence-electron chi connectivity index (χ3n) is 9.28. The molecule has 2 N–H and O–H groups in total. The maximum atomic E-state index is 14.1. The van der Waals surface area contributed by atoms with Gasteiger partial charge in [0.2, 0.25) is 0 Å². The average Bonchev–Trinajstić information content (AvgIpc) is 3.50. The van der Waals surface area contributed by atoms with Crippen molar-refractivity contribution in [3.05, 3.63) is 80.9 Å². The van der Waals surface area contributed by atoms with Crippen molar-refractivity contribution in [1.29, 1.82) is 0 Å². The summed E-state index contributed by atoms with van der Waals surface area (Å²) in [6.45, 7) is 5.57. The zero-order chi connectivity index (χ0) is 38.3. The fourth-order valence-corrected chi connectivity index (χ4v) is 7.04. The number of anilines is 1. The van der Waals surface area contributed by atoms with Crippen LogP contribution in [0.25, 0.3) is 11.3 Å². The van der Waals surface area contributed by atoms with Crippen LogP contribution in [-0.4, -0.2) is 93.3 Å². The largest absolute Gasteiger partial charge is 0.509 e. The van der Waals surface area contributed by atoms with Crippen molar-refractivity contribution >= 4 is 40.7 Å². The number of rotatable bonds is 9. The number of ether oxygens (including phenoxy) is 2. The molecule has 3 aromatic rings. The quantitative estimate of drug-likeness (QED) is 0.179. The van der Waals surface area contributed by atoms with Crippen LogP contribution in [0.15, 0.2) is 53.9 Å². The lowest BCUT2D eigenvalue weighted by atomic mass is 9.90. The van der Waals surface area contributed by atoms with Gasteiger partial charge in [-0.2, -0.15) is 26.3 Å². The lowest BCUT2D eigenvalue weighted by molar-refractivity contribution is -0.160. The summed E-state index contributed by atoms with van der Waals surface area (Å²) >= 11 is 13.3. The molecule has 0 unspecified atom stereocenters. The van der Waals surface area contributed by atoms with Gasteiger partial charge >= 0.3 is 12.4 Å². The summed E-state index contributed by atoms with van der Waals surface area (Å²) in [5.41, 5.74) is -5.60. The highest BCUT2D eigenvalue weighted by atomic mass is 35.5. The minimum atomic E-state index is -4.95. The molecular weight excluding hydrogens is 757 g/mol. The summed E-state index contributed by atoms with van der Waals surface area (Å²) in [7, 11) is 0. The van der Waals surface area contributed by atoms with E-state index in [1.54, 1.807) is 24.1 Å². The average molecular weight is 790 g/mol. The fraction of sp³-hybridized carbons (Fsp3) is 0.412. The van der Waals surface area contributed by atoms with Crippen LogP contribution in [-0.2, 0) is 33.2 Å². The van der Waals surface area contributed by atoms with E-state index >= 15 is 0 Å². The first kappa shape index (κ1) is 38.6. The van der Waals surface area contributed by atoms with Gasteiger partial charge in [0.1, 0.15) is 35.1 Å². The van der Waals surface area contributed by atoms with Gasteiger partial charge in [0, 0.05) is 43.5 Å². The number of carbonyl (C=O) groups excluding carboxylic acids is 2. The first-order chi connectivity index (χ1) is 25.0. The number of amides is 2. The van der Waals surface area contributed by atoms with Crippen LogP contribution in [0, 0.1) is 0 Å². The molecule has 2 fully saturated rings. The van der Waals surface area contributed by atoms with Crippen molar-refractivity contribution in [2.75, 3.05) is 51.3 Å². The monoisotopic (exact) mass is 788 g/mol. The molecule has 2 amide bonds. The van der Waals surface area contributed by atoms with Gasteiger partial charge in [-0.3, -0.25) is 24.5 Å². The summed E-state index contributed by atoms with van der Waals surface area (Å²) in [6.07, 6.45) is -8.28. The molecule has 2 saturated heterocycles. The Kier molecular flexibility index (Phi) is 10.9. The maximum Gasteiger partial charge on any atom is 0.433 e. The standard InChI is InChI=1S/C34H32Cl2F6N6O5/c1-32-7-2-8-48(32)47(18-21-22(35)15-20(16-23(21)36)53-14-11-46-9-12-52-13-10-46)31(51)27(29(32)49)30(50)44-24-4-6-26(34(40,41)42)45-28(24)19-3-5-25(43-17-19)33(37,38)39/h3-6,15-17,49H,2,7-14,18H2,1H3,(H,44,50)/t32-/m1/s1.